The monoisotopic (exact) mass is 237 g/mol. The number of aliphatic hydroxyl groups is 1. The molecule has 7 heteroatoms. The molecular formula is C10H12FN5O. The number of rotatable bonds is 2. The van der Waals surface area contributed by atoms with E-state index in [4.69, 9.17) is 5.73 Å². The zero-order chi connectivity index (χ0) is 12.3. The second-order valence-corrected chi connectivity index (χ2v) is 4.70. The molecule has 1 saturated carbocycles. The fraction of sp³-hybridized carbons (Fsp3) is 0.500. The van der Waals surface area contributed by atoms with Crippen molar-refractivity contribution in [3.05, 3.63) is 12.7 Å². The van der Waals surface area contributed by atoms with Crippen molar-refractivity contribution in [2.24, 2.45) is 5.41 Å². The standard InChI is InChI=1S/C10H12FN5O/c1-9(3-17)2-10(9,11)16-5-15-6-7(12)13-4-14-8(6)16/h4-5,17H,2-3H2,1H3,(H2,12,13,14)/t9-,10-/m1/s1. The predicted octanol–water partition coefficient (Wildman–Crippen LogP) is 0.433. The molecule has 1 aliphatic carbocycles. The lowest BCUT2D eigenvalue weighted by Crippen LogP contribution is -2.21. The number of aliphatic hydroxyl groups excluding tert-OH is 1. The van der Waals surface area contributed by atoms with Gasteiger partial charge >= 0.3 is 0 Å². The van der Waals surface area contributed by atoms with Crippen LogP contribution in [0.3, 0.4) is 0 Å². The number of nitrogen functional groups attached to an aromatic ring is 1. The molecule has 2 aromatic heterocycles. The van der Waals surface area contributed by atoms with Crippen molar-refractivity contribution >= 4 is 17.0 Å². The van der Waals surface area contributed by atoms with Gasteiger partial charge < -0.3 is 10.8 Å². The molecule has 0 aliphatic heterocycles. The van der Waals surface area contributed by atoms with Gasteiger partial charge in [0.2, 0.25) is 0 Å². The van der Waals surface area contributed by atoms with Crippen molar-refractivity contribution in [3.8, 4) is 0 Å². The van der Waals surface area contributed by atoms with Gasteiger partial charge in [-0.1, -0.05) is 6.92 Å². The molecule has 2 atom stereocenters. The van der Waals surface area contributed by atoms with E-state index in [1.165, 1.54) is 17.2 Å². The van der Waals surface area contributed by atoms with Gasteiger partial charge in [0.1, 0.15) is 11.8 Å². The number of aromatic nitrogens is 4. The van der Waals surface area contributed by atoms with Crippen LogP contribution in [0.25, 0.3) is 11.2 Å². The molecule has 3 N–H and O–H groups in total. The summed E-state index contributed by atoms with van der Waals surface area (Å²) in [6, 6.07) is 0. The molecule has 0 spiro atoms. The molecule has 3 rings (SSSR count). The zero-order valence-electron chi connectivity index (χ0n) is 9.26. The van der Waals surface area contributed by atoms with Gasteiger partial charge in [0.05, 0.1) is 12.9 Å². The van der Waals surface area contributed by atoms with Crippen LogP contribution < -0.4 is 5.73 Å². The van der Waals surface area contributed by atoms with Crippen LogP contribution in [0, 0.1) is 5.41 Å². The summed E-state index contributed by atoms with van der Waals surface area (Å²) in [6.45, 7) is 1.47. The molecule has 2 aromatic rings. The van der Waals surface area contributed by atoms with Crippen molar-refractivity contribution in [3.63, 3.8) is 0 Å². The Morgan fingerprint density at radius 2 is 2.29 bits per heavy atom. The number of nitrogens with two attached hydrogens (primary N) is 1. The van der Waals surface area contributed by atoms with Gasteiger partial charge in [-0.15, -0.1) is 0 Å². The van der Waals surface area contributed by atoms with Crippen molar-refractivity contribution in [2.75, 3.05) is 12.3 Å². The number of anilines is 1. The molecule has 0 bridgehead atoms. The van der Waals surface area contributed by atoms with Crippen LogP contribution >= 0.6 is 0 Å². The van der Waals surface area contributed by atoms with Crippen LogP contribution in [-0.2, 0) is 5.79 Å². The fourth-order valence-corrected chi connectivity index (χ4v) is 2.14. The maximum absolute atomic E-state index is 14.6. The summed E-state index contributed by atoms with van der Waals surface area (Å²) < 4.78 is 16.0. The van der Waals surface area contributed by atoms with E-state index < -0.39 is 11.2 Å². The van der Waals surface area contributed by atoms with Crippen LogP contribution in [-0.4, -0.2) is 31.2 Å². The molecule has 17 heavy (non-hydrogen) atoms. The Hall–Kier alpha value is -1.76. The fourth-order valence-electron chi connectivity index (χ4n) is 2.14. The maximum Gasteiger partial charge on any atom is 0.197 e. The molecule has 0 amide bonds. The molecule has 0 saturated heterocycles. The van der Waals surface area contributed by atoms with Gasteiger partial charge in [0.25, 0.3) is 0 Å². The Balaban J connectivity index is 2.18. The third kappa shape index (κ3) is 1.14. The van der Waals surface area contributed by atoms with Crippen LogP contribution in [0.1, 0.15) is 13.3 Å². The smallest absolute Gasteiger partial charge is 0.197 e. The van der Waals surface area contributed by atoms with Gasteiger partial charge in [0, 0.05) is 11.8 Å². The van der Waals surface area contributed by atoms with E-state index in [0.717, 1.165) is 0 Å². The minimum Gasteiger partial charge on any atom is -0.396 e. The van der Waals surface area contributed by atoms with Gasteiger partial charge in [-0.3, -0.25) is 4.57 Å². The molecule has 0 unspecified atom stereocenters. The first kappa shape index (κ1) is 10.4. The van der Waals surface area contributed by atoms with Crippen molar-refractivity contribution in [1.29, 1.82) is 0 Å². The summed E-state index contributed by atoms with van der Waals surface area (Å²) in [5.41, 5.74) is 5.60. The number of alkyl halides is 1. The number of nitrogens with zero attached hydrogens (tertiary/aromatic N) is 4. The van der Waals surface area contributed by atoms with Crippen LogP contribution in [0.4, 0.5) is 10.2 Å². The maximum atomic E-state index is 14.6. The quantitative estimate of drug-likeness (QED) is 0.790. The number of hydrogen-bond donors (Lipinski definition) is 2. The molecule has 1 fully saturated rings. The van der Waals surface area contributed by atoms with E-state index in [9.17, 15) is 9.50 Å². The van der Waals surface area contributed by atoms with E-state index in [-0.39, 0.29) is 18.8 Å². The van der Waals surface area contributed by atoms with Crippen molar-refractivity contribution in [2.45, 2.75) is 19.1 Å². The molecule has 1 aliphatic rings. The third-order valence-corrected chi connectivity index (χ3v) is 3.52. The lowest BCUT2D eigenvalue weighted by molar-refractivity contribution is 0.102. The Kier molecular flexibility index (Phi) is 1.79. The average Bonchev–Trinajstić information content (AvgIpc) is 2.71. The summed E-state index contributed by atoms with van der Waals surface area (Å²) in [4.78, 5) is 11.8. The molecule has 6 nitrogen and oxygen atoms in total. The van der Waals surface area contributed by atoms with E-state index in [2.05, 4.69) is 15.0 Å². The second kappa shape index (κ2) is 2.92. The normalized spacial score (nSPS) is 31.9. The van der Waals surface area contributed by atoms with E-state index >= 15 is 0 Å². The largest absolute Gasteiger partial charge is 0.396 e. The molecular weight excluding hydrogens is 225 g/mol. The van der Waals surface area contributed by atoms with Gasteiger partial charge in [-0.2, -0.15) is 0 Å². The van der Waals surface area contributed by atoms with Crippen molar-refractivity contribution in [1.82, 2.24) is 19.5 Å². The van der Waals surface area contributed by atoms with E-state index in [1.807, 2.05) is 0 Å². The van der Waals surface area contributed by atoms with Gasteiger partial charge in [0.15, 0.2) is 17.3 Å². The Morgan fingerprint density at radius 3 is 2.94 bits per heavy atom. The first-order chi connectivity index (χ1) is 8.02. The van der Waals surface area contributed by atoms with Gasteiger partial charge in [-0.25, -0.2) is 19.3 Å². The first-order valence-electron chi connectivity index (χ1n) is 5.26. The molecule has 0 radical (unpaired) electrons. The highest BCUT2D eigenvalue weighted by molar-refractivity contribution is 5.81. The number of hydrogen-bond acceptors (Lipinski definition) is 5. The summed E-state index contributed by atoms with van der Waals surface area (Å²) in [6.07, 6.45) is 2.88. The number of halogens is 1. The van der Waals surface area contributed by atoms with Crippen LogP contribution in [0.15, 0.2) is 12.7 Å². The predicted molar refractivity (Wildman–Crippen MR) is 58.6 cm³/mol. The van der Waals surface area contributed by atoms with Crippen molar-refractivity contribution < 1.29 is 9.50 Å². The van der Waals surface area contributed by atoms with Crippen LogP contribution in [0.5, 0.6) is 0 Å². The van der Waals surface area contributed by atoms with E-state index in [1.54, 1.807) is 6.92 Å². The zero-order valence-corrected chi connectivity index (χ0v) is 9.26. The minimum absolute atomic E-state index is 0.219. The SMILES string of the molecule is C[C@]1(CO)C[C@@]1(F)n1cnc2c(N)ncnc21. The summed E-state index contributed by atoms with van der Waals surface area (Å²) in [5.74, 6) is -1.42. The minimum atomic E-state index is -1.64. The summed E-state index contributed by atoms with van der Waals surface area (Å²) in [7, 11) is 0. The average molecular weight is 237 g/mol. The number of imidazole rings is 1. The Bertz CT molecular complexity index is 599. The lowest BCUT2D eigenvalue weighted by atomic mass is 10.1. The lowest BCUT2D eigenvalue weighted by Gasteiger charge is -2.14. The van der Waals surface area contributed by atoms with Gasteiger partial charge in [-0.05, 0) is 0 Å². The third-order valence-electron chi connectivity index (χ3n) is 3.52. The Morgan fingerprint density at radius 1 is 1.53 bits per heavy atom. The highest BCUT2D eigenvalue weighted by atomic mass is 19.1. The summed E-state index contributed by atoms with van der Waals surface area (Å²) >= 11 is 0. The molecule has 2 heterocycles. The molecule has 0 aromatic carbocycles. The van der Waals surface area contributed by atoms with E-state index in [0.29, 0.717) is 11.2 Å². The molecule has 90 valence electrons. The topological polar surface area (TPSA) is 89.8 Å². The highest BCUT2D eigenvalue weighted by Crippen LogP contribution is 2.62. The first-order valence-corrected chi connectivity index (χ1v) is 5.26. The number of fused-ring (bicyclic) bond motifs is 1. The second-order valence-electron chi connectivity index (χ2n) is 4.70. The highest BCUT2D eigenvalue weighted by Gasteiger charge is 2.68. The summed E-state index contributed by atoms with van der Waals surface area (Å²) in [5, 5.41) is 9.20. The Labute approximate surface area is 96.3 Å². The van der Waals surface area contributed by atoms with Crippen LogP contribution in [0.2, 0.25) is 0 Å².